The third-order valence-electron chi connectivity index (χ3n) is 12.8. The van der Waals surface area contributed by atoms with Crippen molar-refractivity contribution >= 4 is 17.9 Å². The number of rotatable bonds is 53. The lowest BCUT2D eigenvalue weighted by atomic mass is 10.0. The highest BCUT2D eigenvalue weighted by Crippen LogP contribution is 2.17. The number of esters is 3. The number of unbranched alkanes of at least 4 members (excludes halogenated alkanes) is 34. The van der Waals surface area contributed by atoms with Gasteiger partial charge in [0.1, 0.15) is 13.2 Å². The van der Waals surface area contributed by atoms with Crippen LogP contribution in [0.15, 0.2) is 72.9 Å². The molecule has 0 saturated heterocycles. The Morgan fingerprint density at radius 3 is 0.971 bits per heavy atom. The van der Waals surface area contributed by atoms with Gasteiger partial charge in [-0.25, -0.2) is 0 Å². The molecule has 0 amide bonds. The Bertz CT molecular complexity index is 1290. The quantitative estimate of drug-likeness (QED) is 0.0199. The van der Waals surface area contributed by atoms with E-state index < -0.39 is 6.10 Å². The van der Waals surface area contributed by atoms with Gasteiger partial charge in [-0.2, -0.15) is 0 Å². The highest BCUT2D eigenvalue weighted by molar-refractivity contribution is 5.71. The van der Waals surface area contributed by atoms with E-state index in [0.29, 0.717) is 19.3 Å². The minimum absolute atomic E-state index is 0.0978. The first-order valence-corrected chi connectivity index (χ1v) is 29.5. The molecule has 0 rings (SSSR count). The van der Waals surface area contributed by atoms with Crippen LogP contribution in [0.1, 0.15) is 290 Å². The van der Waals surface area contributed by atoms with Crippen LogP contribution in [-0.2, 0) is 28.6 Å². The van der Waals surface area contributed by atoms with Gasteiger partial charge < -0.3 is 14.2 Å². The van der Waals surface area contributed by atoms with E-state index in [-0.39, 0.29) is 37.5 Å². The molecule has 0 spiro atoms. The molecule has 0 fully saturated rings. The molecule has 0 bridgehead atoms. The first-order valence-electron chi connectivity index (χ1n) is 29.5. The van der Waals surface area contributed by atoms with Crippen LogP contribution < -0.4 is 0 Å². The Morgan fingerprint density at radius 1 is 0.304 bits per heavy atom. The van der Waals surface area contributed by atoms with E-state index >= 15 is 0 Å². The van der Waals surface area contributed by atoms with E-state index in [0.717, 1.165) is 51.4 Å². The molecule has 1 unspecified atom stereocenters. The smallest absolute Gasteiger partial charge is 0.306 e. The molecule has 0 aliphatic heterocycles. The van der Waals surface area contributed by atoms with Gasteiger partial charge >= 0.3 is 17.9 Å². The number of carbonyl (C=O) groups excluding carboxylic acids is 3. The maximum Gasteiger partial charge on any atom is 0.306 e. The zero-order chi connectivity index (χ0) is 50.0. The maximum atomic E-state index is 12.9. The number of hydrogen-bond acceptors (Lipinski definition) is 6. The fourth-order valence-electron chi connectivity index (χ4n) is 8.41. The fraction of sp³-hybridized carbons (Fsp3) is 0.762. The summed E-state index contributed by atoms with van der Waals surface area (Å²) in [6.07, 6.45) is 73.4. The fourth-order valence-corrected chi connectivity index (χ4v) is 8.41. The SMILES string of the molecule is CC\C=C/C=C\C=C/C=C\C=C/CCCC(=O)OCC(COC(=O)CCCCCCCCC/C=C\CCCCCCCCCC)OC(=O)CCCCCCCCCCCCCCCCCCCCC. The van der Waals surface area contributed by atoms with Crippen LogP contribution in [0.5, 0.6) is 0 Å². The van der Waals surface area contributed by atoms with Gasteiger partial charge in [-0.05, 0) is 57.8 Å². The van der Waals surface area contributed by atoms with Crippen LogP contribution in [-0.4, -0.2) is 37.2 Å². The Hall–Kier alpha value is -3.15. The van der Waals surface area contributed by atoms with Crippen molar-refractivity contribution in [3.8, 4) is 0 Å². The molecule has 0 radical (unpaired) electrons. The van der Waals surface area contributed by atoms with Crippen LogP contribution in [0.4, 0.5) is 0 Å². The van der Waals surface area contributed by atoms with Gasteiger partial charge in [0.15, 0.2) is 6.10 Å². The summed E-state index contributed by atoms with van der Waals surface area (Å²) in [5.41, 5.74) is 0. The molecule has 69 heavy (non-hydrogen) atoms. The maximum absolute atomic E-state index is 12.9. The third-order valence-corrected chi connectivity index (χ3v) is 12.8. The Labute approximate surface area is 427 Å². The predicted molar refractivity (Wildman–Crippen MR) is 298 cm³/mol. The van der Waals surface area contributed by atoms with Crippen LogP contribution in [0.3, 0.4) is 0 Å². The standard InChI is InChI=1S/C63H110O6/c1-4-7-10-13-16-19-22-25-27-29-31-33-35-38-41-44-47-50-53-56-62(65)68-59-60(58-67-61(64)55-52-49-46-43-40-37-24-21-18-15-12-9-6-3)69-63(66)57-54-51-48-45-42-39-36-34-32-30-28-26-23-20-17-14-11-8-5-2/h9,12,15,18,21,24,29,31,37,40,43,46,60H,4-8,10-11,13-14,16-17,19-20,22-23,25-28,30,32-36,38-39,41-42,44-45,47-59H2,1-3H3/b12-9-,18-15-,24-21-,31-29-,40-37-,46-43-. The van der Waals surface area contributed by atoms with Crippen molar-refractivity contribution in [3.63, 3.8) is 0 Å². The highest BCUT2D eigenvalue weighted by Gasteiger charge is 2.19. The van der Waals surface area contributed by atoms with Crippen molar-refractivity contribution < 1.29 is 28.6 Å². The predicted octanol–water partition coefficient (Wildman–Crippen LogP) is 19.8. The van der Waals surface area contributed by atoms with E-state index in [1.807, 2.05) is 54.7 Å². The lowest BCUT2D eigenvalue weighted by Crippen LogP contribution is -2.30. The number of carbonyl (C=O) groups is 3. The average molecular weight is 964 g/mol. The molecular weight excluding hydrogens is 853 g/mol. The monoisotopic (exact) mass is 963 g/mol. The Balaban J connectivity index is 4.39. The van der Waals surface area contributed by atoms with Crippen molar-refractivity contribution in [2.45, 2.75) is 297 Å². The molecule has 0 aliphatic carbocycles. The van der Waals surface area contributed by atoms with E-state index in [4.69, 9.17) is 14.2 Å². The van der Waals surface area contributed by atoms with Gasteiger partial charge in [0.25, 0.3) is 0 Å². The molecule has 0 heterocycles. The highest BCUT2D eigenvalue weighted by atomic mass is 16.6. The zero-order valence-corrected chi connectivity index (χ0v) is 45.6. The molecule has 0 aromatic rings. The summed E-state index contributed by atoms with van der Waals surface area (Å²) < 4.78 is 16.8. The van der Waals surface area contributed by atoms with Gasteiger partial charge in [-0.15, -0.1) is 0 Å². The molecule has 0 N–H and O–H groups in total. The summed E-state index contributed by atoms with van der Waals surface area (Å²) in [6, 6.07) is 0. The zero-order valence-electron chi connectivity index (χ0n) is 45.6. The molecule has 6 nitrogen and oxygen atoms in total. The van der Waals surface area contributed by atoms with Crippen molar-refractivity contribution in [2.75, 3.05) is 13.2 Å². The summed E-state index contributed by atoms with van der Waals surface area (Å²) >= 11 is 0. The van der Waals surface area contributed by atoms with Gasteiger partial charge in [0.05, 0.1) is 0 Å². The van der Waals surface area contributed by atoms with Gasteiger partial charge in [-0.3, -0.25) is 14.4 Å². The van der Waals surface area contributed by atoms with Gasteiger partial charge in [0, 0.05) is 19.3 Å². The molecule has 0 aliphatic rings. The Kier molecular flexibility index (Phi) is 54.8. The second-order valence-corrected chi connectivity index (χ2v) is 19.7. The molecule has 0 saturated carbocycles. The van der Waals surface area contributed by atoms with E-state index in [9.17, 15) is 14.4 Å². The second-order valence-electron chi connectivity index (χ2n) is 19.7. The average Bonchev–Trinajstić information content (AvgIpc) is 3.35. The molecule has 0 aromatic carbocycles. The lowest BCUT2D eigenvalue weighted by molar-refractivity contribution is -0.167. The van der Waals surface area contributed by atoms with Crippen LogP contribution >= 0.6 is 0 Å². The minimum atomic E-state index is -0.804. The summed E-state index contributed by atoms with van der Waals surface area (Å²) in [6.45, 7) is 6.46. The van der Waals surface area contributed by atoms with Crippen molar-refractivity contribution in [2.24, 2.45) is 0 Å². The minimum Gasteiger partial charge on any atom is -0.462 e. The summed E-state index contributed by atoms with van der Waals surface area (Å²) in [5.74, 6) is -0.967. The lowest BCUT2D eigenvalue weighted by Gasteiger charge is -2.18. The van der Waals surface area contributed by atoms with Gasteiger partial charge in [0.2, 0.25) is 0 Å². The summed E-state index contributed by atoms with van der Waals surface area (Å²) in [4.78, 5) is 38.1. The van der Waals surface area contributed by atoms with Gasteiger partial charge in [-0.1, -0.05) is 286 Å². The summed E-state index contributed by atoms with van der Waals surface area (Å²) in [7, 11) is 0. The first kappa shape index (κ1) is 65.8. The largest absolute Gasteiger partial charge is 0.462 e. The third kappa shape index (κ3) is 55.6. The van der Waals surface area contributed by atoms with E-state index in [1.165, 1.54) is 193 Å². The molecular formula is C63H110O6. The second kappa shape index (κ2) is 57.4. The molecule has 1 atom stereocenters. The number of ether oxygens (including phenoxy) is 3. The summed E-state index contributed by atoms with van der Waals surface area (Å²) in [5, 5.41) is 0. The first-order chi connectivity index (χ1) is 34.0. The normalized spacial score (nSPS) is 12.6. The van der Waals surface area contributed by atoms with Crippen LogP contribution in [0.25, 0.3) is 0 Å². The molecule has 0 aromatic heterocycles. The van der Waals surface area contributed by atoms with Crippen LogP contribution in [0, 0.1) is 0 Å². The molecule has 6 heteroatoms. The number of hydrogen-bond donors (Lipinski definition) is 0. The van der Waals surface area contributed by atoms with Crippen molar-refractivity contribution in [3.05, 3.63) is 72.9 Å². The topological polar surface area (TPSA) is 78.9 Å². The van der Waals surface area contributed by atoms with E-state index in [2.05, 4.69) is 39.0 Å². The Morgan fingerprint density at radius 2 is 0.594 bits per heavy atom. The van der Waals surface area contributed by atoms with Crippen LogP contribution in [0.2, 0.25) is 0 Å². The van der Waals surface area contributed by atoms with E-state index in [1.54, 1.807) is 0 Å². The molecule has 398 valence electrons. The van der Waals surface area contributed by atoms with Crippen molar-refractivity contribution in [1.82, 2.24) is 0 Å². The number of allylic oxidation sites excluding steroid dienone is 12. The van der Waals surface area contributed by atoms with Crippen molar-refractivity contribution in [1.29, 1.82) is 0 Å².